The van der Waals surface area contributed by atoms with Gasteiger partial charge in [-0.2, -0.15) is 5.10 Å². The van der Waals surface area contributed by atoms with Gasteiger partial charge in [-0.15, -0.1) is 16.3 Å². The smallest absolute Gasteiger partial charge is 0.337 e. The van der Waals surface area contributed by atoms with E-state index in [0.29, 0.717) is 5.75 Å². The van der Waals surface area contributed by atoms with Crippen LogP contribution in [0.5, 0.6) is 0 Å². The SMILES string of the molecule is CNC(=O)N(C)N1N=CC(SCc2cccc(F)c2)S1. The van der Waals surface area contributed by atoms with Crippen molar-refractivity contribution in [3.63, 3.8) is 0 Å². The molecule has 0 spiro atoms. The average Bonchev–Trinajstić information content (AvgIpc) is 2.92. The Bertz CT molecular complexity index is 514. The molecule has 0 aliphatic carbocycles. The van der Waals surface area contributed by atoms with Crippen molar-refractivity contribution in [1.82, 2.24) is 14.8 Å². The number of hydrazine groups is 1. The number of hydrogen-bond acceptors (Lipinski definition) is 5. The predicted molar refractivity (Wildman–Crippen MR) is 81.6 cm³/mol. The second-order valence-corrected chi connectivity index (χ2v) is 6.48. The van der Waals surface area contributed by atoms with E-state index in [9.17, 15) is 9.18 Å². The number of thioether (sulfide) groups is 1. The van der Waals surface area contributed by atoms with E-state index in [0.717, 1.165) is 5.56 Å². The van der Waals surface area contributed by atoms with Crippen LogP contribution in [0.3, 0.4) is 0 Å². The Balaban J connectivity index is 1.82. The van der Waals surface area contributed by atoms with E-state index < -0.39 is 0 Å². The zero-order valence-electron chi connectivity index (χ0n) is 11.1. The van der Waals surface area contributed by atoms with Crippen molar-refractivity contribution in [3.8, 4) is 0 Å². The van der Waals surface area contributed by atoms with Gasteiger partial charge in [-0.3, -0.25) is 0 Å². The quantitative estimate of drug-likeness (QED) is 0.868. The minimum absolute atomic E-state index is 0.102. The van der Waals surface area contributed by atoms with Gasteiger partial charge in [0.25, 0.3) is 0 Å². The van der Waals surface area contributed by atoms with Crippen LogP contribution in [0.2, 0.25) is 0 Å². The van der Waals surface area contributed by atoms with E-state index >= 15 is 0 Å². The summed E-state index contributed by atoms with van der Waals surface area (Å²) in [6, 6.07) is 6.32. The summed E-state index contributed by atoms with van der Waals surface area (Å²) < 4.78 is 14.7. The van der Waals surface area contributed by atoms with E-state index in [1.54, 1.807) is 38.1 Å². The van der Waals surface area contributed by atoms with Gasteiger partial charge >= 0.3 is 6.03 Å². The van der Waals surface area contributed by atoms with Crippen molar-refractivity contribution in [1.29, 1.82) is 0 Å². The van der Waals surface area contributed by atoms with Crippen molar-refractivity contribution in [2.75, 3.05) is 14.1 Å². The van der Waals surface area contributed by atoms with Crippen LogP contribution in [-0.4, -0.2) is 40.5 Å². The van der Waals surface area contributed by atoms with Gasteiger partial charge in [-0.1, -0.05) is 12.1 Å². The molecule has 0 fully saturated rings. The number of rotatable bonds is 4. The molecule has 0 bridgehead atoms. The van der Waals surface area contributed by atoms with Crippen LogP contribution >= 0.6 is 23.7 Å². The number of carbonyl (C=O) groups excluding carboxylic acids is 1. The third-order valence-electron chi connectivity index (χ3n) is 2.55. The molecule has 1 aromatic carbocycles. The van der Waals surface area contributed by atoms with E-state index in [4.69, 9.17) is 0 Å². The predicted octanol–water partition coefficient (Wildman–Crippen LogP) is 2.52. The molecule has 1 atom stereocenters. The molecule has 2 rings (SSSR count). The Kier molecular flexibility index (Phi) is 5.13. The second-order valence-electron chi connectivity index (χ2n) is 4.01. The largest absolute Gasteiger partial charge is 0.340 e. The number of benzene rings is 1. The maximum atomic E-state index is 13.1. The van der Waals surface area contributed by atoms with E-state index in [1.165, 1.54) is 33.6 Å². The number of hydrogen-bond donors (Lipinski definition) is 1. The Morgan fingerprint density at radius 3 is 3.15 bits per heavy atom. The van der Waals surface area contributed by atoms with Crippen molar-refractivity contribution in [3.05, 3.63) is 35.6 Å². The summed E-state index contributed by atoms with van der Waals surface area (Å²) in [7, 11) is 3.21. The van der Waals surface area contributed by atoms with Crippen LogP contribution in [0.1, 0.15) is 5.56 Å². The Morgan fingerprint density at radius 1 is 1.65 bits per heavy atom. The maximum absolute atomic E-state index is 13.1. The molecule has 0 saturated heterocycles. The molecule has 108 valence electrons. The fourth-order valence-corrected chi connectivity index (χ4v) is 3.50. The van der Waals surface area contributed by atoms with Crippen LogP contribution in [0, 0.1) is 5.82 Å². The van der Waals surface area contributed by atoms with Gasteiger partial charge in [0.15, 0.2) is 0 Å². The van der Waals surface area contributed by atoms with Gasteiger partial charge in [0.2, 0.25) is 0 Å². The Labute approximate surface area is 125 Å². The van der Waals surface area contributed by atoms with E-state index in [2.05, 4.69) is 10.4 Å². The van der Waals surface area contributed by atoms with Gasteiger partial charge in [0.05, 0.1) is 6.21 Å². The summed E-state index contributed by atoms with van der Waals surface area (Å²) in [5, 5.41) is 8.08. The number of hydrazone groups is 1. The van der Waals surface area contributed by atoms with Gasteiger partial charge in [0.1, 0.15) is 10.4 Å². The van der Waals surface area contributed by atoms with Crippen LogP contribution in [0.25, 0.3) is 0 Å². The number of nitrogens with one attached hydrogen (secondary N) is 1. The summed E-state index contributed by atoms with van der Waals surface area (Å²) in [6.07, 6.45) is 1.77. The fourth-order valence-electron chi connectivity index (χ4n) is 1.53. The lowest BCUT2D eigenvalue weighted by atomic mass is 10.2. The lowest BCUT2D eigenvalue weighted by molar-refractivity contribution is 0.132. The number of nitrogens with zero attached hydrogens (tertiary/aromatic N) is 3. The Morgan fingerprint density at radius 2 is 2.45 bits per heavy atom. The lowest BCUT2D eigenvalue weighted by Crippen LogP contribution is -2.41. The molecular weight excluding hydrogens is 299 g/mol. The normalized spacial score (nSPS) is 17.4. The van der Waals surface area contributed by atoms with Gasteiger partial charge in [-0.05, 0) is 17.7 Å². The zero-order valence-corrected chi connectivity index (χ0v) is 12.7. The van der Waals surface area contributed by atoms with Gasteiger partial charge < -0.3 is 5.32 Å². The highest BCUT2D eigenvalue weighted by atomic mass is 32.2. The number of amides is 2. The zero-order chi connectivity index (χ0) is 14.5. The lowest BCUT2D eigenvalue weighted by Gasteiger charge is -2.24. The van der Waals surface area contributed by atoms with Gasteiger partial charge in [-0.25, -0.2) is 14.2 Å². The fraction of sp³-hybridized carbons (Fsp3) is 0.333. The minimum Gasteiger partial charge on any atom is -0.340 e. The number of carbonyl (C=O) groups is 1. The standard InChI is InChI=1S/C12H15FN4OS2/c1-14-12(18)16(2)17-15-7-11(20-17)19-8-9-4-3-5-10(13)6-9/h3-7,11H,8H2,1-2H3,(H,14,18). The molecule has 0 radical (unpaired) electrons. The van der Waals surface area contributed by atoms with Crippen molar-refractivity contribution in [2.45, 2.75) is 10.3 Å². The molecule has 8 heteroatoms. The highest BCUT2D eigenvalue weighted by Crippen LogP contribution is 2.33. The third kappa shape index (κ3) is 3.80. The molecule has 0 aromatic heterocycles. The van der Waals surface area contributed by atoms with E-state index in [1.807, 2.05) is 6.07 Å². The summed E-state index contributed by atoms with van der Waals surface area (Å²) in [5.41, 5.74) is 0.933. The van der Waals surface area contributed by atoms with Crippen molar-refractivity contribution >= 4 is 36.0 Å². The molecule has 20 heavy (non-hydrogen) atoms. The highest BCUT2D eigenvalue weighted by Gasteiger charge is 2.24. The Hall–Kier alpha value is -1.41. The van der Waals surface area contributed by atoms with Crippen molar-refractivity contribution in [2.24, 2.45) is 5.10 Å². The molecule has 1 aliphatic heterocycles. The average molecular weight is 314 g/mol. The first-order chi connectivity index (χ1) is 9.60. The van der Waals surface area contributed by atoms with Crippen molar-refractivity contribution < 1.29 is 9.18 Å². The molecule has 1 aliphatic rings. The maximum Gasteiger partial charge on any atom is 0.337 e. The molecule has 0 saturated carbocycles. The van der Waals surface area contributed by atoms with Gasteiger partial charge in [0, 0.05) is 31.8 Å². The first kappa shape index (κ1) is 15.0. The first-order valence-electron chi connectivity index (χ1n) is 5.92. The summed E-state index contributed by atoms with van der Waals surface area (Å²) >= 11 is 3.06. The molecule has 1 unspecified atom stereocenters. The molecule has 1 N–H and O–H groups in total. The highest BCUT2D eigenvalue weighted by molar-refractivity contribution is 8.16. The third-order valence-corrected chi connectivity index (χ3v) is 5.03. The monoisotopic (exact) mass is 314 g/mol. The topological polar surface area (TPSA) is 47.9 Å². The van der Waals surface area contributed by atoms with Crippen LogP contribution in [0.15, 0.2) is 29.4 Å². The molecule has 5 nitrogen and oxygen atoms in total. The number of halogens is 1. The summed E-state index contributed by atoms with van der Waals surface area (Å²) in [6.45, 7) is 0. The molecular formula is C12H15FN4OS2. The van der Waals surface area contributed by atoms with Crippen LogP contribution < -0.4 is 5.32 Å². The molecule has 1 heterocycles. The number of urea groups is 1. The minimum atomic E-state index is -0.231. The van der Waals surface area contributed by atoms with Crippen LogP contribution in [0.4, 0.5) is 9.18 Å². The first-order valence-corrected chi connectivity index (χ1v) is 7.81. The molecule has 1 aromatic rings. The summed E-state index contributed by atoms with van der Waals surface area (Å²) in [4.78, 5) is 11.5. The second kappa shape index (κ2) is 6.85. The van der Waals surface area contributed by atoms with E-state index in [-0.39, 0.29) is 16.4 Å². The summed E-state index contributed by atoms with van der Waals surface area (Å²) in [5.74, 6) is 0.468. The molecule has 2 amide bonds. The van der Waals surface area contributed by atoms with Crippen LogP contribution in [-0.2, 0) is 5.75 Å².